The number of benzene rings is 1. The molecule has 3 rings (SSSR count). The molecular weight excluding hydrogens is 274 g/mol. The van der Waals surface area contributed by atoms with Gasteiger partial charge in [-0.15, -0.1) is 0 Å². The van der Waals surface area contributed by atoms with Gasteiger partial charge in [0.2, 0.25) is 5.91 Å². The number of hydrogen-bond acceptors (Lipinski definition) is 4. The SMILES string of the molecule is COc1ccc2nc(SCC(=O)NCC3CC3)[nH]c2c1. The van der Waals surface area contributed by atoms with Gasteiger partial charge < -0.3 is 15.0 Å². The van der Waals surface area contributed by atoms with Crippen LogP contribution in [0.15, 0.2) is 23.4 Å². The van der Waals surface area contributed by atoms with Crippen LogP contribution in [-0.2, 0) is 4.79 Å². The largest absolute Gasteiger partial charge is 0.497 e. The highest BCUT2D eigenvalue weighted by molar-refractivity contribution is 7.99. The first kappa shape index (κ1) is 13.3. The molecule has 1 aliphatic carbocycles. The van der Waals surface area contributed by atoms with Crippen molar-refractivity contribution in [3.8, 4) is 5.75 Å². The molecule has 106 valence electrons. The van der Waals surface area contributed by atoms with Crippen molar-refractivity contribution in [1.82, 2.24) is 15.3 Å². The number of H-pyrrole nitrogens is 1. The van der Waals surface area contributed by atoms with Gasteiger partial charge in [-0.2, -0.15) is 0 Å². The lowest BCUT2D eigenvalue weighted by Crippen LogP contribution is -2.27. The van der Waals surface area contributed by atoms with Gasteiger partial charge >= 0.3 is 0 Å². The van der Waals surface area contributed by atoms with Crippen LogP contribution in [0, 0.1) is 5.92 Å². The highest BCUT2D eigenvalue weighted by atomic mass is 32.2. The number of nitrogens with zero attached hydrogens (tertiary/aromatic N) is 1. The van der Waals surface area contributed by atoms with Gasteiger partial charge in [-0.1, -0.05) is 11.8 Å². The quantitative estimate of drug-likeness (QED) is 0.801. The Hall–Kier alpha value is -1.69. The lowest BCUT2D eigenvalue weighted by molar-refractivity contribution is -0.118. The third-order valence-corrected chi connectivity index (χ3v) is 4.17. The van der Waals surface area contributed by atoms with Gasteiger partial charge in [0, 0.05) is 12.6 Å². The van der Waals surface area contributed by atoms with E-state index in [0.717, 1.165) is 28.5 Å². The maximum absolute atomic E-state index is 11.7. The lowest BCUT2D eigenvalue weighted by Gasteiger charge is -2.01. The van der Waals surface area contributed by atoms with E-state index in [1.807, 2.05) is 18.2 Å². The number of hydrogen-bond donors (Lipinski definition) is 2. The predicted octanol–water partition coefficient (Wildman–Crippen LogP) is 2.19. The standard InChI is InChI=1S/C14H17N3O2S/c1-19-10-4-5-11-12(6-10)17-14(16-11)20-8-13(18)15-7-9-2-3-9/h4-6,9H,2-3,7-8H2,1H3,(H,15,18)(H,16,17). The second kappa shape index (κ2) is 5.75. The van der Waals surface area contributed by atoms with Crippen molar-refractivity contribution in [3.63, 3.8) is 0 Å². The Morgan fingerprint density at radius 2 is 2.40 bits per heavy atom. The first-order chi connectivity index (χ1) is 9.74. The number of ether oxygens (including phenoxy) is 1. The molecule has 0 unspecified atom stereocenters. The van der Waals surface area contributed by atoms with E-state index in [-0.39, 0.29) is 5.91 Å². The average Bonchev–Trinajstić information content (AvgIpc) is 3.20. The molecule has 0 spiro atoms. The van der Waals surface area contributed by atoms with Crippen molar-refractivity contribution in [3.05, 3.63) is 18.2 Å². The minimum Gasteiger partial charge on any atom is -0.497 e. The third kappa shape index (κ3) is 3.25. The summed E-state index contributed by atoms with van der Waals surface area (Å²) in [6.07, 6.45) is 2.50. The molecule has 2 N–H and O–H groups in total. The second-order valence-corrected chi connectivity index (χ2v) is 5.93. The Morgan fingerprint density at radius 3 is 3.15 bits per heavy atom. The van der Waals surface area contributed by atoms with Crippen molar-refractivity contribution in [2.45, 2.75) is 18.0 Å². The number of carbonyl (C=O) groups excluding carboxylic acids is 1. The first-order valence-electron chi connectivity index (χ1n) is 6.68. The molecule has 0 bridgehead atoms. The first-order valence-corrected chi connectivity index (χ1v) is 7.66. The highest BCUT2D eigenvalue weighted by Gasteiger charge is 2.21. The Bertz CT molecular complexity index is 622. The number of imidazole rings is 1. The van der Waals surface area contributed by atoms with E-state index in [4.69, 9.17) is 4.74 Å². The van der Waals surface area contributed by atoms with Gasteiger partial charge in [-0.05, 0) is 30.9 Å². The van der Waals surface area contributed by atoms with Crippen LogP contribution >= 0.6 is 11.8 Å². The van der Waals surface area contributed by atoms with Gasteiger partial charge in [-0.25, -0.2) is 4.98 Å². The number of aromatic nitrogens is 2. The van der Waals surface area contributed by atoms with Gasteiger partial charge in [0.25, 0.3) is 0 Å². The highest BCUT2D eigenvalue weighted by Crippen LogP contribution is 2.27. The number of amides is 1. The van der Waals surface area contributed by atoms with Gasteiger partial charge in [0.1, 0.15) is 5.75 Å². The molecule has 1 amide bonds. The minimum atomic E-state index is 0.0694. The zero-order chi connectivity index (χ0) is 13.9. The predicted molar refractivity (Wildman–Crippen MR) is 79.1 cm³/mol. The average molecular weight is 291 g/mol. The van der Waals surface area contributed by atoms with E-state index in [1.165, 1.54) is 24.6 Å². The Kier molecular flexibility index (Phi) is 3.82. The summed E-state index contributed by atoms with van der Waals surface area (Å²) in [6.45, 7) is 0.816. The lowest BCUT2D eigenvalue weighted by atomic mass is 10.3. The van der Waals surface area contributed by atoms with Gasteiger partial charge in [0.05, 0.1) is 23.9 Å². The molecule has 20 heavy (non-hydrogen) atoms. The summed E-state index contributed by atoms with van der Waals surface area (Å²) >= 11 is 1.42. The molecule has 6 heteroatoms. The van der Waals surface area contributed by atoms with Gasteiger partial charge in [0.15, 0.2) is 5.16 Å². The van der Waals surface area contributed by atoms with Crippen LogP contribution in [0.4, 0.5) is 0 Å². The summed E-state index contributed by atoms with van der Waals surface area (Å²) in [5.74, 6) is 1.96. The van der Waals surface area contributed by atoms with Crippen molar-refractivity contribution >= 4 is 28.7 Å². The monoisotopic (exact) mass is 291 g/mol. The maximum Gasteiger partial charge on any atom is 0.230 e. The van der Waals surface area contributed by atoms with Crippen LogP contribution in [0.1, 0.15) is 12.8 Å². The van der Waals surface area contributed by atoms with Crippen LogP contribution in [-0.4, -0.2) is 35.3 Å². The number of thioether (sulfide) groups is 1. The number of methoxy groups -OCH3 is 1. The fourth-order valence-electron chi connectivity index (χ4n) is 1.93. The number of carbonyl (C=O) groups is 1. The van der Waals surface area contributed by atoms with Crippen molar-refractivity contribution in [2.24, 2.45) is 5.92 Å². The molecule has 1 fully saturated rings. The summed E-state index contributed by atoms with van der Waals surface area (Å²) in [5.41, 5.74) is 1.80. The third-order valence-electron chi connectivity index (χ3n) is 3.29. The molecule has 1 aromatic heterocycles. The zero-order valence-electron chi connectivity index (χ0n) is 11.3. The van der Waals surface area contributed by atoms with Crippen LogP contribution < -0.4 is 10.1 Å². The molecule has 1 aliphatic rings. The molecule has 0 saturated heterocycles. The van der Waals surface area contributed by atoms with Crippen molar-refractivity contribution < 1.29 is 9.53 Å². The summed E-state index contributed by atoms with van der Waals surface area (Å²) in [5, 5.41) is 3.70. The normalized spacial score (nSPS) is 14.4. The minimum absolute atomic E-state index is 0.0694. The fourth-order valence-corrected chi connectivity index (χ4v) is 2.64. The molecular formula is C14H17N3O2S. The maximum atomic E-state index is 11.7. The molecule has 1 heterocycles. The molecule has 0 atom stereocenters. The Balaban J connectivity index is 1.57. The Labute approximate surface area is 121 Å². The fraction of sp³-hybridized carbons (Fsp3) is 0.429. The van der Waals surface area contributed by atoms with Crippen LogP contribution in [0.5, 0.6) is 5.75 Å². The van der Waals surface area contributed by atoms with Crippen LogP contribution in [0.25, 0.3) is 11.0 Å². The molecule has 0 aliphatic heterocycles. The van der Waals surface area contributed by atoms with E-state index in [2.05, 4.69) is 15.3 Å². The topological polar surface area (TPSA) is 67.0 Å². The second-order valence-electron chi connectivity index (χ2n) is 4.96. The van der Waals surface area contributed by atoms with Crippen LogP contribution in [0.3, 0.4) is 0 Å². The van der Waals surface area contributed by atoms with E-state index in [0.29, 0.717) is 11.7 Å². The zero-order valence-corrected chi connectivity index (χ0v) is 12.1. The number of fused-ring (bicyclic) bond motifs is 1. The van der Waals surface area contributed by atoms with E-state index in [1.54, 1.807) is 7.11 Å². The van der Waals surface area contributed by atoms with Crippen LogP contribution in [0.2, 0.25) is 0 Å². The summed E-state index contributed by atoms with van der Waals surface area (Å²) in [4.78, 5) is 19.3. The van der Waals surface area contributed by atoms with Crippen molar-refractivity contribution in [1.29, 1.82) is 0 Å². The number of aromatic amines is 1. The van der Waals surface area contributed by atoms with Crippen molar-refractivity contribution in [2.75, 3.05) is 19.4 Å². The molecule has 1 aromatic carbocycles. The molecule has 5 nitrogen and oxygen atoms in total. The summed E-state index contributed by atoms with van der Waals surface area (Å²) < 4.78 is 5.17. The molecule has 1 saturated carbocycles. The number of rotatable bonds is 6. The summed E-state index contributed by atoms with van der Waals surface area (Å²) in [6, 6.07) is 5.68. The summed E-state index contributed by atoms with van der Waals surface area (Å²) in [7, 11) is 1.64. The number of nitrogens with one attached hydrogen (secondary N) is 2. The molecule has 2 aromatic rings. The molecule has 0 radical (unpaired) electrons. The van der Waals surface area contributed by atoms with E-state index >= 15 is 0 Å². The van der Waals surface area contributed by atoms with E-state index in [9.17, 15) is 4.79 Å². The van der Waals surface area contributed by atoms with E-state index < -0.39 is 0 Å². The van der Waals surface area contributed by atoms with Gasteiger partial charge in [-0.3, -0.25) is 4.79 Å². The Morgan fingerprint density at radius 1 is 1.55 bits per heavy atom. The smallest absolute Gasteiger partial charge is 0.230 e.